The van der Waals surface area contributed by atoms with E-state index in [2.05, 4.69) is 32.2 Å². The van der Waals surface area contributed by atoms with Crippen molar-refractivity contribution < 1.29 is 5.11 Å². The van der Waals surface area contributed by atoms with Crippen molar-refractivity contribution in [2.75, 3.05) is 12.4 Å². The van der Waals surface area contributed by atoms with Crippen molar-refractivity contribution >= 4 is 23.4 Å². The van der Waals surface area contributed by atoms with Gasteiger partial charge in [-0.3, -0.25) is 0 Å². The van der Waals surface area contributed by atoms with Crippen LogP contribution in [0.5, 0.6) is 0 Å². The van der Waals surface area contributed by atoms with Crippen molar-refractivity contribution in [3.05, 3.63) is 29.3 Å². The van der Waals surface area contributed by atoms with Crippen LogP contribution in [0.3, 0.4) is 0 Å². The third-order valence-electron chi connectivity index (χ3n) is 2.70. The van der Waals surface area contributed by atoms with Crippen LogP contribution in [0.4, 0.5) is 0 Å². The van der Waals surface area contributed by atoms with E-state index >= 15 is 0 Å². The van der Waals surface area contributed by atoms with Crippen molar-refractivity contribution in [1.29, 1.82) is 0 Å². The van der Waals surface area contributed by atoms with Gasteiger partial charge >= 0.3 is 0 Å². The van der Waals surface area contributed by atoms with E-state index in [1.165, 1.54) is 4.90 Å². The first-order valence-corrected chi connectivity index (χ1v) is 7.58. The summed E-state index contributed by atoms with van der Waals surface area (Å²) in [7, 11) is 0. The minimum Gasteiger partial charge on any atom is -0.394 e. The summed E-state index contributed by atoms with van der Waals surface area (Å²) in [6, 6.07) is 8.24. The van der Waals surface area contributed by atoms with Crippen LogP contribution >= 0.6 is 23.4 Å². The second-order valence-corrected chi connectivity index (χ2v) is 6.68. The SMILES string of the molecule is CC(C)NC(C)(CO)CCSc1cccc(Cl)c1. The molecule has 18 heavy (non-hydrogen) atoms. The van der Waals surface area contributed by atoms with Crippen molar-refractivity contribution in [2.24, 2.45) is 0 Å². The Bertz CT molecular complexity index is 373. The third-order valence-corrected chi connectivity index (χ3v) is 3.94. The standard InChI is InChI=1S/C14H22ClNOS/c1-11(2)16-14(3,10-17)7-8-18-13-6-4-5-12(15)9-13/h4-6,9,11,16-17H,7-8,10H2,1-3H3. The zero-order chi connectivity index (χ0) is 13.6. The van der Waals surface area contributed by atoms with E-state index in [1.807, 2.05) is 18.2 Å². The Morgan fingerprint density at radius 3 is 2.72 bits per heavy atom. The molecule has 2 nitrogen and oxygen atoms in total. The summed E-state index contributed by atoms with van der Waals surface area (Å²) >= 11 is 7.71. The highest BCUT2D eigenvalue weighted by Crippen LogP contribution is 2.24. The topological polar surface area (TPSA) is 32.3 Å². The number of aliphatic hydroxyl groups is 1. The first-order valence-electron chi connectivity index (χ1n) is 6.22. The minimum absolute atomic E-state index is 0.154. The summed E-state index contributed by atoms with van der Waals surface area (Å²) in [6.45, 7) is 6.41. The van der Waals surface area contributed by atoms with Gasteiger partial charge in [0.05, 0.1) is 6.61 Å². The molecule has 0 saturated heterocycles. The minimum atomic E-state index is -0.209. The van der Waals surface area contributed by atoms with Crippen molar-refractivity contribution in [2.45, 2.75) is 43.7 Å². The molecule has 0 radical (unpaired) electrons. The molecule has 0 aliphatic carbocycles. The predicted octanol–water partition coefficient (Wildman–Crippen LogP) is 3.57. The largest absolute Gasteiger partial charge is 0.394 e. The van der Waals surface area contributed by atoms with Gasteiger partial charge in [-0.25, -0.2) is 0 Å². The molecule has 0 fully saturated rings. The van der Waals surface area contributed by atoms with Gasteiger partial charge in [-0.15, -0.1) is 11.8 Å². The highest BCUT2D eigenvalue weighted by Gasteiger charge is 2.23. The first kappa shape index (κ1) is 15.8. The second-order valence-electron chi connectivity index (χ2n) is 5.07. The van der Waals surface area contributed by atoms with E-state index in [0.717, 1.165) is 17.2 Å². The van der Waals surface area contributed by atoms with E-state index in [4.69, 9.17) is 11.6 Å². The van der Waals surface area contributed by atoms with E-state index in [1.54, 1.807) is 11.8 Å². The van der Waals surface area contributed by atoms with Crippen LogP contribution in [0.15, 0.2) is 29.2 Å². The van der Waals surface area contributed by atoms with E-state index in [0.29, 0.717) is 6.04 Å². The van der Waals surface area contributed by atoms with Gasteiger partial charge in [0.15, 0.2) is 0 Å². The molecule has 0 spiro atoms. The fourth-order valence-corrected chi connectivity index (χ4v) is 3.27. The Kier molecular flexibility index (Phi) is 6.50. The lowest BCUT2D eigenvalue weighted by molar-refractivity contribution is 0.162. The summed E-state index contributed by atoms with van der Waals surface area (Å²) in [4.78, 5) is 1.17. The van der Waals surface area contributed by atoms with Crippen LogP contribution in [-0.2, 0) is 0 Å². The van der Waals surface area contributed by atoms with Crippen LogP contribution < -0.4 is 5.32 Å². The lowest BCUT2D eigenvalue weighted by Gasteiger charge is -2.31. The smallest absolute Gasteiger partial charge is 0.0610 e. The molecule has 1 atom stereocenters. The molecule has 0 aromatic heterocycles. The van der Waals surface area contributed by atoms with Gasteiger partial charge in [-0.2, -0.15) is 0 Å². The molecule has 0 amide bonds. The Morgan fingerprint density at radius 2 is 2.17 bits per heavy atom. The molecule has 1 rings (SSSR count). The zero-order valence-electron chi connectivity index (χ0n) is 11.2. The highest BCUT2D eigenvalue weighted by atomic mass is 35.5. The molecule has 1 aromatic carbocycles. The van der Waals surface area contributed by atoms with Crippen LogP contribution in [-0.4, -0.2) is 29.0 Å². The average molecular weight is 288 g/mol. The van der Waals surface area contributed by atoms with E-state index in [-0.39, 0.29) is 12.1 Å². The maximum atomic E-state index is 9.48. The molecule has 0 saturated carbocycles. The zero-order valence-corrected chi connectivity index (χ0v) is 12.8. The van der Waals surface area contributed by atoms with Gasteiger partial charge in [-0.1, -0.05) is 31.5 Å². The first-order chi connectivity index (χ1) is 8.45. The summed E-state index contributed by atoms with van der Waals surface area (Å²) in [5.41, 5.74) is -0.209. The fraction of sp³-hybridized carbons (Fsp3) is 0.571. The predicted molar refractivity (Wildman–Crippen MR) is 80.6 cm³/mol. The maximum absolute atomic E-state index is 9.48. The summed E-state index contributed by atoms with van der Waals surface area (Å²) in [5, 5.41) is 13.7. The molecule has 4 heteroatoms. The quantitative estimate of drug-likeness (QED) is 0.752. The lowest BCUT2D eigenvalue weighted by atomic mass is 9.99. The van der Waals surface area contributed by atoms with Crippen LogP contribution in [0.1, 0.15) is 27.2 Å². The molecule has 102 valence electrons. The van der Waals surface area contributed by atoms with Gasteiger partial charge in [0.25, 0.3) is 0 Å². The number of rotatable bonds is 7. The molecule has 0 aliphatic heterocycles. The van der Waals surface area contributed by atoms with Gasteiger partial charge < -0.3 is 10.4 Å². The number of halogens is 1. The number of aliphatic hydroxyl groups excluding tert-OH is 1. The van der Waals surface area contributed by atoms with Crippen molar-refractivity contribution in [1.82, 2.24) is 5.32 Å². The molecule has 2 N–H and O–H groups in total. The Hall–Kier alpha value is -0.220. The number of nitrogens with one attached hydrogen (secondary N) is 1. The van der Waals surface area contributed by atoms with Crippen molar-refractivity contribution in [3.63, 3.8) is 0 Å². The number of hydrogen-bond acceptors (Lipinski definition) is 3. The number of thioether (sulfide) groups is 1. The number of benzene rings is 1. The molecule has 1 aromatic rings. The Balaban J connectivity index is 2.44. The van der Waals surface area contributed by atoms with Crippen LogP contribution in [0.25, 0.3) is 0 Å². The van der Waals surface area contributed by atoms with Crippen molar-refractivity contribution in [3.8, 4) is 0 Å². The maximum Gasteiger partial charge on any atom is 0.0610 e. The molecular formula is C14H22ClNOS. The molecule has 0 heterocycles. The van der Waals surface area contributed by atoms with E-state index in [9.17, 15) is 5.11 Å². The van der Waals surface area contributed by atoms with Crippen LogP contribution in [0.2, 0.25) is 5.02 Å². The summed E-state index contributed by atoms with van der Waals surface area (Å²) in [6.07, 6.45) is 0.916. The molecular weight excluding hydrogens is 266 g/mol. The lowest BCUT2D eigenvalue weighted by Crippen LogP contribution is -2.49. The average Bonchev–Trinajstić information content (AvgIpc) is 2.28. The van der Waals surface area contributed by atoms with E-state index < -0.39 is 0 Å². The third kappa shape index (κ3) is 5.61. The molecule has 0 bridgehead atoms. The van der Waals surface area contributed by atoms with Crippen LogP contribution in [0, 0.1) is 0 Å². The van der Waals surface area contributed by atoms with Gasteiger partial charge in [0.2, 0.25) is 0 Å². The molecule has 1 unspecified atom stereocenters. The van der Waals surface area contributed by atoms with Gasteiger partial charge in [-0.05, 0) is 37.3 Å². The fourth-order valence-electron chi connectivity index (χ4n) is 1.84. The molecule has 0 aliphatic rings. The summed E-state index contributed by atoms with van der Waals surface area (Å²) < 4.78 is 0. The van der Waals surface area contributed by atoms with Gasteiger partial charge in [0, 0.05) is 21.5 Å². The highest BCUT2D eigenvalue weighted by molar-refractivity contribution is 7.99. The Morgan fingerprint density at radius 1 is 1.44 bits per heavy atom. The van der Waals surface area contributed by atoms with Gasteiger partial charge in [0.1, 0.15) is 0 Å². The monoisotopic (exact) mass is 287 g/mol. The Labute approximate surface area is 119 Å². The second kappa shape index (κ2) is 7.39. The number of hydrogen-bond donors (Lipinski definition) is 2. The normalized spacial score (nSPS) is 14.8. The summed E-state index contributed by atoms with van der Waals surface area (Å²) in [5.74, 6) is 0.955.